The number of hydrogen-bond donors (Lipinski definition) is 2. The Hall–Kier alpha value is -1.73. The van der Waals surface area contributed by atoms with E-state index in [-0.39, 0.29) is 5.75 Å². The molecule has 0 bridgehead atoms. The van der Waals surface area contributed by atoms with Crippen LogP contribution >= 0.6 is 11.6 Å². The second-order valence-electron chi connectivity index (χ2n) is 4.66. The zero-order chi connectivity index (χ0) is 15.8. The molecule has 2 rings (SSSR count). The standard InChI is InChI=1S/C13H14ClNO5S/c1-3-21(18,19)15-12-10(16)11(17)13(2,20-12)8-5-4-6-9(14)7-8/h4-7,15-16H,3H2,1-2H3. The van der Waals surface area contributed by atoms with Gasteiger partial charge in [-0.1, -0.05) is 23.7 Å². The van der Waals surface area contributed by atoms with Gasteiger partial charge in [0.15, 0.2) is 5.60 Å². The summed E-state index contributed by atoms with van der Waals surface area (Å²) in [4.78, 5) is 12.2. The highest BCUT2D eigenvalue weighted by Gasteiger charge is 2.48. The molecule has 1 atom stereocenters. The lowest BCUT2D eigenvalue weighted by Gasteiger charge is -2.23. The van der Waals surface area contributed by atoms with Crippen LogP contribution in [0.2, 0.25) is 5.02 Å². The van der Waals surface area contributed by atoms with Crippen molar-refractivity contribution in [2.45, 2.75) is 19.4 Å². The Morgan fingerprint density at radius 1 is 1.43 bits per heavy atom. The summed E-state index contributed by atoms with van der Waals surface area (Å²) >= 11 is 5.88. The predicted molar refractivity (Wildman–Crippen MR) is 77.1 cm³/mol. The number of aliphatic hydroxyl groups is 1. The van der Waals surface area contributed by atoms with Crippen LogP contribution in [0.4, 0.5) is 0 Å². The van der Waals surface area contributed by atoms with Crippen LogP contribution in [-0.4, -0.2) is 25.1 Å². The molecule has 0 amide bonds. The fourth-order valence-corrected chi connectivity index (χ4v) is 2.64. The highest BCUT2D eigenvalue weighted by molar-refractivity contribution is 7.89. The Labute approximate surface area is 127 Å². The first kappa shape index (κ1) is 15.7. The number of halogens is 1. The second kappa shape index (κ2) is 5.23. The van der Waals surface area contributed by atoms with E-state index in [1.54, 1.807) is 18.2 Å². The summed E-state index contributed by atoms with van der Waals surface area (Å²) in [5.41, 5.74) is -1.11. The molecule has 21 heavy (non-hydrogen) atoms. The highest BCUT2D eigenvalue weighted by atomic mass is 35.5. The lowest BCUT2D eigenvalue weighted by atomic mass is 9.92. The second-order valence-corrected chi connectivity index (χ2v) is 7.11. The average molecular weight is 332 g/mol. The third-order valence-electron chi connectivity index (χ3n) is 3.17. The third-order valence-corrected chi connectivity index (χ3v) is 4.66. The number of hydrogen-bond acceptors (Lipinski definition) is 5. The van der Waals surface area contributed by atoms with Gasteiger partial charge in [0, 0.05) is 10.6 Å². The van der Waals surface area contributed by atoms with Gasteiger partial charge in [0.25, 0.3) is 5.78 Å². The molecule has 114 valence electrons. The first-order chi connectivity index (χ1) is 9.69. The molecular weight excluding hydrogens is 318 g/mol. The molecule has 0 aromatic heterocycles. The number of ketones is 1. The van der Waals surface area contributed by atoms with Crippen molar-refractivity contribution >= 4 is 27.4 Å². The van der Waals surface area contributed by atoms with Gasteiger partial charge in [-0.15, -0.1) is 0 Å². The predicted octanol–water partition coefficient (Wildman–Crippen LogP) is 1.82. The lowest BCUT2D eigenvalue weighted by Crippen LogP contribution is -2.32. The molecule has 0 radical (unpaired) electrons. The highest BCUT2D eigenvalue weighted by Crippen LogP contribution is 2.37. The number of carbonyl (C=O) groups is 1. The van der Waals surface area contributed by atoms with Crippen LogP contribution < -0.4 is 4.72 Å². The maximum Gasteiger partial charge on any atom is 0.250 e. The fraction of sp³-hybridized carbons (Fsp3) is 0.308. The smallest absolute Gasteiger partial charge is 0.250 e. The summed E-state index contributed by atoms with van der Waals surface area (Å²) in [5.74, 6) is -2.17. The first-order valence-corrected chi connectivity index (χ1v) is 8.16. The van der Waals surface area contributed by atoms with Crippen LogP contribution in [0.25, 0.3) is 0 Å². The number of rotatable bonds is 4. The van der Waals surface area contributed by atoms with Crippen LogP contribution in [0.5, 0.6) is 0 Å². The molecule has 0 fully saturated rings. The van der Waals surface area contributed by atoms with Crippen LogP contribution in [0.1, 0.15) is 19.4 Å². The van der Waals surface area contributed by atoms with E-state index < -0.39 is 33.0 Å². The van der Waals surface area contributed by atoms with E-state index in [9.17, 15) is 18.3 Å². The number of nitrogens with one attached hydrogen (secondary N) is 1. The van der Waals surface area contributed by atoms with E-state index in [0.717, 1.165) is 0 Å². The zero-order valence-electron chi connectivity index (χ0n) is 11.4. The molecule has 8 heteroatoms. The quantitative estimate of drug-likeness (QED) is 0.878. The van der Waals surface area contributed by atoms with Crippen molar-refractivity contribution in [3.63, 3.8) is 0 Å². The van der Waals surface area contributed by atoms with E-state index in [4.69, 9.17) is 16.3 Å². The van der Waals surface area contributed by atoms with Crippen LogP contribution in [-0.2, 0) is 25.2 Å². The summed E-state index contributed by atoms with van der Waals surface area (Å²) in [6.45, 7) is 2.86. The molecule has 0 saturated carbocycles. The van der Waals surface area contributed by atoms with Gasteiger partial charge in [0.1, 0.15) is 0 Å². The fourth-order valence-electron chi connectivity index (χ4n) is 1.89. The van der Waals surface area contributed by atoms with Gasteiger partial charge in [-0.3, -0.25) is 9.52 Å². The molecule has 2 N–H and O–H groups in total. The minimum atomic E-state index is -3.67. The Morgan fingerprint density at radius 3 is 2.67 bits per heavy atom. The van der Waals surface area contributed by atoms with E-state index in [1.807, 2.05) is 0 Å². The number of sulfonamides is 1. The molecule has 1 aromatic rings. The normalized spacial score (nSPS) is 22.3. The topological polar surface area (TPSA) is 92.7 Å². The van der Waals surface area contributed by atoms with Crippen LogP contribution in [0, 0.1) is 0 Å². The van der Waals surface area contributed by atoms with Crippen molar-refractivity contribution < 1.29 is 23.1 Å². The van der Waals surface area contributed by atoms with E-state index >= 15 is 0 Å². The lowest BCUT2D eigenvalue weighted by molar-refractivity contribution is -0.131. The molecule has 0 saturated heterocycles. The van der Waals surface area contributed by atoms with E-state index in [2.05, 4.69) is 4.72 Å². The molecule has 1 unspecified atom stereocenters. The minimum absolute atomic E-state index is 0.213. The van der Waals surface area contributed by atoms with Gasteiger partial charge in [0.05, 0.1) is 5.75 Å². The van der Waals surface area contributed by atoms with Gasteiger partial charge in [-0.05, 0) is 26.0 Å². The van der Waals surface area contributed by atoms with Crippen LogP contribution in [0.3, 0.4) is 0 Å². The van der Waals surface area contributed by atoms with Crippen molar-refractivity contribution in [1.82, 2.24) is 4.72 Å². The van der Waals surface area contributed by atoms with E-state index in [1.165, 1.54) is 19.9 Å². The van der Waals surface area contributed by atoms with Gasteiger partial charge < -0.3 is 9.84 Å². The van der Waals surface area contributed by atoms with Gasteiger partial charge in [0.2, 0.25) is 21.7 Å². The average Bonchev–Trinajstić information content (AvgIpc) is 2.64. The van der Waals surface area contributed by atoms with Crippen molar-refractivity contribution in [1.29, 1.82) is 0 Å². The monoisotopic (exact) mass is 331 g/mol. The molecule has 1 aliphatic heterocycles. The summed E-state index contributed by atoms with van der Waals surface area (Å²) in [6, 6.07) is 6.38. The Bertz CT molecular complexity index is 728. The summed E-state index contributed by atoms with van der Waals surface area (Å²) in [7, 11) is -3.67. The maximum atomic E-state index is 12.2. The van der Waals surface area contributed by atoms with Gasteiger partial charge in [-0.2, -0.15) is 0 Å². The number of carbonyl (C=O) groups excluding carboxylic acids is 1. The number of ether oxygens (including phenoxy) is 1. The van der Waals surface area contributed by atoms with Crippen molar-refractivity contribution in [3.05, 3.63) is 46.5 Å². The molecule has 1 heterocycles. The molecule has 1 aliphatic rings. The number of Topliss-reactive ketones (excluding diaryl/α,β-unsaturated/α-hetero) is 1. The molecule has 1 aromatic carbocycles. The maximum absolute atomic E-state index is 12.2. The third kappa shape index (κ3) is 2.84. The molecule has 0 aliphatic carbocycles. The van der Waals surface area contributed by atoms with Gasteiger partial charge >= 0.3 is 0 Å². The molecular formula is C13H14ClNO5S. The minimum Gasteiger partial charge on any atom is -0.501 e. The summed E-state index contributed by atoms with van der Waals surface area (Å²) in [6.07, 6.45) is 0. The SMILES string of the molecule is CCS(=O)(=O)NC1=C(O)C(=O)C(C)(c2cccc(Cl)c2)O1. The summed E-state index contributed by atoms with van der Waals surface area (Å²) < 4.78 is 30.5. The Morgan fingerprint density at radius 2 is 2.10 bits per heavy atom. The molecule has 6 nitrogen and oxygen atoms in total. The molecule has 0 spiro atoms. The first-order valence-electron chi connectivity index (χ1n) is 6.13. The zero-order valence-corrected chi connectivity index (χ0v) is 13.0. The Balaban J connectivity index is 2.38. The number of aliphatic hydroxyl groups excluding tert-OH is 1. The van der Waals surface area contributed by atoms with Crippen molar-refractivity contribution in [2.75, 3.05) is 5.75 Å². The van der Waals surface area contributed by atoms with Crippen molar-refractivity contribution in [2.24, 2.45) is 0 Å². The van der Waals surface area contributed by atoms with E-state index in [0.29, 0.717) is 10.6 Å². The van der Waals surface area contributed by atoms with Gasteiger partial charge in [-0.25, -0.2) is 8.42 Å². The van der Waals surface area contributed by atoms with Crippen molar-refractivity contribution in [3.8, 4) is 0 Å². The van der Waals surface area contributed by atoms with Crippen LogP contribution in [0.15, 0.2) is 35.9 Å². The number of benzene rings is 1. The largest absolute Gasteiger partial charge is 0.501 e. The Kier molecular flexibility index (Phi) is 3.90. The summed E-state index contributed by atoms with van der Waals surface area (Å²) in [5, 5.41) is 10.2.